The monoisotopic (exact) mass is 264 g/mol. The van der Waals surface area contributed by atoms with Crippen LogP contribution in [0.25, 0.3) is 0 Å². The molecule has 0 aromatic rings. The first-order chi connectivity index (χ1) is 9.15. The number of hydrogen-bond acceptors (Lipinski definition) is 2. The lowest BCUT2D eigenvalue weighted by Crippen LogP contribution is -2.46. The Morgan fingerprint density at radius 3 is 2.37 bits per heavy atom. The normalized spacial score (nSPS) is 23.2. The number of carbonyl (C=O) groups excluding carboxylic acids is 1. The van der Waals surface area contributed by atoms with Crippen molar-refractivity contribution >= 4 is 5.91 Å². The largest absolute Gasteiger partial charge is 0.353 e. The van der Waals surface area contributed by atoms with Crippen LogP contribution in [0.1, 0.15) is 51.9 Å². The molecule has 3 heteroatoms. The van der Waals surface area contributed by atoms with Crippen molar-refractivity contribution in [2.24, 2.45) is 5.92 Å². The molecular weight excluding hydrogens is 236 g/mol. The van der Waals surface area contributed by atoms with E-state index in [9.17, 15) is 4.79 Å². The second kappa shape index (κ2) is 7.09. The Balaban J connectivity index is 1.69. The van der Waals surface area contributed by atoms with Crippen molar-refractivity contribution in [1.29, 1.82) is 0 Å². The topological polar surface area (TPSA) is 32.3 Å². The summed E-state index contributed by atoms with van der Waals surface area (Å²) in [5.41, 5.74) is 1.23. The van der Waals surface area contributed by atoms with Crippen LogP contribution in [-0.2, 0) is 4.79 Å². The average Bonchev–Trinajstić information content (AvgIpc) is 2.41. The van der Waals surface area contributed by atoms with Crippen LogP contribution < -0.4 is 5.32 Å². The molecule has 0 bridgehead atoms. The third-order valence-corrected chi connectivity index (χ3v) is 4.40. The fourth-order valence-corrected chi connectivity index (χ4v) is 3.30. The van der Waals surface area contributed by atoms with Crippen molar-refractivity contribution in [3.63, 3.8) is 0 Å². The van der Waals surface area contributed by atoms with Gasteiger partial charge in [-0.3, -0.25) is 9.69 Å². The zero-order valence-electron chi connectivity index (χ0n) is 12.3. The maximum atomic E-state index is 12.2. The zero-order chi connectivity index (χ0) is 13.7. The summed E-state index contributed by atoms with van der Waals surface area (Å²) >= 11 is 0. The molecule has 0 radical (unpaired) electrons. The van der Waals surface area contributed by atoms with Crippen LogP contribution in [0.5, 0.6) is 0 Å². The second-order valence-electron chi connectivity index (χ2n) is 6.35. The molecule has 1 aliphatic carbocycles. The van der Waals surface area contributed by atoms with E-state index in [0.29, 0.717) is 17.9 Å². The van der Waals surface area contributed by atoms with Gasteiger partial charge in [0.05, 0.1) is 0 Å². The number of piperidine rings is 1. The minimum atomic E-state index is 0.294. The number of hydrogen-bond donors (Lipinski definition) is 1. The fourth-order valence-electron chi connectivity index (χ4n) is 3.30. The molecule has 19 heavy (non-hydrogen) atoms. The van der Waals surface area contributed by atoms with Crippen molar-refractivity contribution < 1.29 is 4.79 Å². The van der Waals surface area contributed by atoms with E-state index < -0.39 is 0 Å². The molecule has 1 aliphatic heterocycles. The predicted octanol–water partition coefficient (Wildman–Crippen LogP) is 2.72. The third-order valence-electron chi connectivity index (χ3n) is 4.40. The molecule has 0 unspecified atom stereocenters. The van der Waals surface area contributed by atoms with Crippen LogP contribution >= 0.6 is 0 Å². The Hall–Kier alpha value is -0.830. The molecule has 2 fully saturated rings. The van der Waals surface area contributed by atoms with Crippen molar-refractivity contribution in [3.05, 3.63) is 12.2 Å². The summed E-state index contributed by atoms with van der Waals surface area (Å²) in [4.78, 5) is 14.6. The Morgan fingerprint density at radius 2 is 1.79 bits per heavy atom. The number of rotatable bonds is 4. The summed E-state index contributed by atoms with van der Waals surface area (Å²) in [6, 6.07) is 0.399. The van der Waals surface area contributed by atoms with Gasteiger partial charge >= 0.3 is 0 Å². The summed E-state index contributed by atoms with van der Waals surface area (Å²) in [7, 11) is 0. The molecule has 2 rings (SSSR count). The highest BCUT2D eigenvalue weighted by Gasteiger charge is 2.25. The van der Waals surface area contributed by atoms with Gasteiger partial charge in [-0.05, 0) is 32.6 Å². The van der Waals surface area contributed by atoms with Gasteiger partial charge in [-0.25, -0.2) is 0 Å². The summed E-state index contributed by atoms with van der Waals surface area (Å²) in [6.45, 7) is 9.22. The SMILES string of the molecule is C=C(C)CN1CCC(NC(=O)C2CCCCC2)CC1. The second-order valence-corrected chi connectivity index (χ2v) is 6.35. The molecule has 0 aromatic heterocycles. The minimum Gasteiger partial charge on any atom is -0.353 e. The molecule has 1 heterocycles. The summed E-state index contributed by atoms with van der Waals surface area (Å²) in [5.74, 6) is 0.611. The number of nitrogens with one attached hydrogen (secondary N) is 1. The van der Waals surface area contributed by atoms with Gasteiger partial charge < -0.3 is 5.32 Å². The van der Waals surface area contributed by atoms with E-state index in [-0.39, 0.29) is 0 Å². The molecule has 1 amide bonds. The Labute approximate surface area is 117 Å². The minimum absolute atomic E-state index is 0.294. The van der Waals surface area contributed by atoms with E-state index in [1.54, 1.807) is 0 Å². The van der Waals surface area contributed by atoms with Gasteiger partial charge in [0.15, 0.2) is 0 Å². The Bertz CT molecular complexity index is 313. The van der Waals surface area contributed by atoms with E-state index in [4.69, 9.17) is 0 Å². The van der Waals surface area contributed by atoms with E-state index >= 15 is 0 Å². The maximum Gasteiger partial charge on any atom is 0.223 e. The highest BCUT2D eigenvalue weighted by atomic mass is 16.1. The number of nitrogens with zero attached hydrogens (tertiary/aromatic N) is 1. The van der Waals surface area contributed by atoms with Gasteiger partial charge in [0.25, 0.3) is 0 Å². The van der Waals surface area contributed by atoms with E-state index in [0.717, 1.165) is 45.3 Å². The molecule has 0 aromatic carbocycles. The highest BCUT2D eigenvalue weighted by Crippen LogP contribution is 2.24. The van der Waals surface area contributed by atoms with Crippen molar-refractivity contribution in [2.45, 2.75) is 57.9 Å². The number of amides is 1. The molecule has 2 aliphatic rings. The summed E-state index contributed by atoms with van der Waals surface area (Å²) < 4.78 is 0. The predicted molar refractivity (Wildman–Crippen MR) is 79.0 cm³/mol. The smallest absolute Gasteiger partial charge is 0.223 e. The van der Waals surface area contributed by atoms with Crippen LogP contribution in [0.15, 0.2) is 12.2 Å². The lowest BCUT2D eigenvalue weighted by atomic mass is 9.88. The molecule has 1 saturated carbocycles. The fraction of sp³-hybridized carbons (Fsp3) is 0.812. The lowest BCUT2D eigenvalue weighted by molar-refractivity contribution is -0.127. The standard InChI is InChI=1S/C16H28N2O/c1-13(2)12-18-10-8-15(9-11-18)17-16(19)14-6-4-3-5-7-14/h14-15H,1,3-12H2,2H3,(H,17,19). The van der Waals surface area contributed by atoms with Crippen LogP contribution in [-0.4, -0.2) is 36.5 Å². The van der Waals surface area contributed by atoms with Gasteiger partial charge in [0.2, 0.25) is 5.91 Å². The van der Waals surface area contributed by atoms with Crippen molar-refractivity contribution in [2.75, 3.05) is 19.6 Å². The quantitative estimate of drug-likeness (QED) is 0.792. The zero-order valence-corrected chi connectivity index (χ0v) is 12.3. The summed E-state index contributed by atoms with van der Waals surface area (Å²) in [5, 5.41) is 3.27. The number of likely N-dealkylation sites (tertiary alicyclic amines) is 1. The molecule has 1 N–H and O–H groups in total. The van der Waals surface area contributed by atoms with Gasteiger partial charge in [0.1, 0.15) is 0 Å². The molecule has 3 nitrogen and oxygen atoms in total. The molecule has 108 valence electrons. The summed E-state index contributed by atoms with van der Waals surface area (Å²) in [6.07, 6.45) is 8.14. The first-order valence-corrected chi connectivity index (χ1v) is 7.82. The van der Waals surface area contributed by atoms with Crippen LogP contribution in [0.2, 0.25) is 0 Å². The molecule has 0 spiro atoms. The first-order valence-electron chi connectivity index (χ1n) is 7.82. The maximum absolute atomic E-state index is 12.2. The molecule has 0 atom stereocenters. The van der Waals surface area contributed by atoms with Crippen molar-refractivity contribution in [1.82, 2.24) is 10.2 Å². The van der Waals surface area contributed by atoms with Crippen LogP contribution in [0.4, 0.5) is 0 Å². The average molecular weight is 264 g/mol. The Morgan fingerprint density at radius 1 is 1.16 bits per heavy atom. The third kappa shape index (κ3) is 4.64. The van der Waals surface area contributed by atoms with Crippen molar-refractivity contribution in [3.8, 4) is 0 Å². The van der Waals surface area contributed by atoms with Crippen LogP contribution in [0, 0.1) is 5.92 Å². The van der Waals surface area contributed by atoms with Crippen LogP contribution in [0.3, 0.4) is 0 Å². The molecule has 1 saturated heterocycles. The number of carbonyl (C=O) groups is 1. The lowest BCUT2D eigenvalue weighted by Gasteiger charge is -2.33. The molecular formula is C16H28N2O. The van der Waals surface area contributed by atoms with Gasteiger partial charge in [-0.2, -0.15) is 0 Å². The van der Waals surface area contributed by atoms with E-state index in [2.05, 4.69) is 23.7 Å². The van der Waals surface area contributed by atoms with Gasteiger partial charge in [-0.1, -0.05) is 31.4 Å². The Kier molecular flexibility index (Phi) is 5.44. The highest BCUT2D eigenvalue weighted by molar-refractivity contribution is 5.79. The van der Waals surface area contributed by atoms with E-state index in [1.807, 2.05) is 0 Å². The first kappa shape index (κ1) is 14.6. The van der Waals surface area contributed by atoms with E-state index in [1.165, 1.54) is 24.8 Å². The van der Waals surface area contributed by atoms with Gasteiger partial charge in [-0.15, -0.1) is 0 Å². The van der Waals surface area contributed by atoms with Gasteiger partial charge in [0, 0.05) is 31.6 Å².